The molecule has 1 aromatic heterocycles. The molecule has 1 aromatic rings. The smallest absolute Gasteiger partial charge is 0.239 e. The number of hydrogen-bond donors (Lipinski definition) is 2. The fourth-order valence-corrected chi connectivity index (χ4v) is 1.48. The lowest BCUT2D eigenvalue weighted by atomic mass is 10.3. The van der Waals surface area contributed by atoms with Gasteiger partial charge in [-0.15, -0.1) is 0 Å². The van der Waals surface area contributed by atoms with E-state index in [1.165, 1.54) is 0 Å². The highest BCUT2D eigenvalue weighted by Gasteiger charge is 2.16. The van der Waals surface area contributed by atoms with Crippen LogP contribution in [-0.4, -0.2) is 43.1 Å². The van der Waals surface area contributed by atoms with E-state index in [2.05, 4.69) is 20.6 Å². The first-order valence-electron chi connectivity index (χ1n) is 5.78. The predicted molar refractivity (Wildman–Crippen MR) is 68.1 cm³/mol. The molecule has 0 spiro atoms. The molecule has 2 N–H and O–H groups in total. The molecule has 0 saturated carbocycles. The number of hydrogen-bond acceptors (Lipinski definition) is 5. The van der Waals surface area contributed by atoms with Crippen LogP contribution in [0.15, 0.2) is 6.20 Å². The molecule has 0 aliphatic heterocycles. The van der Waals surface area contributed by atoms with Crippen molar-refractivity contribution >= 4 is 17.7 Å². The zero-order valence-corrected chi connectivity index (χ0v) is 10.8. The summed E-state index contributed by atoms with van der Waals surface area (Å²) in [5, 5.41) is 5.25. The fraction of sp³-hybridized carbons (Fsp3) is 0.545. The van der Waals surface area contributed by atoms with Gasteiger partial charge in [0.2, 0.25) is 11.9 Å². The third-order valence-electron chi connectivity index (χ3n) is 2.36. The summed E-state index contributed by atoms with van der Waals surface area (Å²) in [6.07, 6.45) is 1.88. The van der Waals surface area contributed by atoms with Crippen molar-refractivity contribution in [3.05, 3.63) is 12.0 Å². The van der Waals surface area contributed by atoms with Crippen molar-refractivity contribution in [3.63, 3.8) is 0 Å². The highest BCUT2D eigenvalue weighted by molar-refractivity contribution is 5.80. The molecule has 0 aliphatic rings. The Bertz CT molecular complexity index is 412. The van der Waals surface area contributed by atoms with Crippen molar-refractivity contribution in [2.45, 2.75) is 13.3 Å². The number of halogens is 1. The van der Waals surface area contributed by atoms with Crippen LogP contribution in [0.25, 0.3) is 0 Å². The average Bonchev–Trinajstić information content (AvgIpc) is 2.38. The van der Waals surface area contributed by atoms with Gasteiger partial charge in [-0.2, -0.15) is 4.98 Å². The second-order valence-electron chi connectivity index (χ2n) is 3.71. The van der Waals surface area contributed by atoms with Crippen LogP contribution >= 0.6 is 0 Å². The molecular formula is C11H18FN5O. The molecule has 0 fully saturated rings. The third kappa shape index (κ3) is 3.54. The maximum Gasteiger partial charge on any atom is 0.239 e. The predicted octanol–water partition coefficient (Wildman–Crippen LogP) is 0.620. The minimum Gasteiger partial charge on any atom is -0.358 e. The molecule has 0 radical (unpaired) electrons. The Balaban J connectivity index is 2.99. The van der Waals surface area contributed by atoms with Crippen molar-refractivity contribution in [1.82, 2.24) is 15.3 Å². The van der Waals surface area contributed by atoms with Crippen LogP contribution in [0.5, 0.6) is 0 Å². The maximum atomic E-state index is 13.7. The first-order valence-corrected chi connectivity index (χ1v) is 5.78. The quantitative estimate of drug-likeness (QED) is 0.780. The molecule has 6 nitrogen and oxygen atoms in total. The van der Waals surface area contributed by atoms with Crippen LogP contribution in [0.2, 0.25) is 0 Å². The van der Waals surface area contributed by atoms with Crippen molar-refractivity contribution in [3.8, 4) is 0 Å². The topological polar surface area (TPSA) is 70.2 Å². The van der Waals surface area contributed by atoms with Gasteiger partial charge in [0.15, 0.2) is 11.6 Å². The Labute approximate surface area is 106 Å². The number of nitrogens with one attached hydrogen (secondary N) is 2. The SMILES string of the molecule is CCCN(CC(=O)NC)c1nc(NC)ncc1F. The van der Waals surface area contributed by atoms with E-state index in [1.54, 1.807) is 19.0 Å². The highest BCUT2D eigenvalue weighted by Crippen LogP contribution is 2.17. The summed E-state index contributed by atoms with van der Waals surface area (Å²) in [6, 6.07) is 0. The van der Waals surface area contributed by atoms with Crippen molar-refractivity contribution in [2.24, 2.45) is 0 Å². The molecule has 1 amide bonds. The van der Waals surface area contributed by atoms with Gasteiger partial charge in [0.05, 0.1) is 12.7 Å². The van der Waals surface area contributed by atoms with Crippen LogP contribution in [0.3, 0.4) is 0 Å². The lowest BCUT2D eigenvalue weighted by molar-refractivity contribution is -0.119. The number of rotatable bonds is 6. The molecular weight excluding hydrogens is 237 g/mol. The zero-order valence-electron chi connectivity index (χ0n) is 10.8. The van der Waals surface area contributed by atoms with E-state index in [4.69, 9.17) is 0 Å². The Kier molecular flexibility index (Phi) is 5.29. The molecule has 0 atom stereocenters. The van der Waals surface area contributed by atoms with E-state index >= 15 is 0 Å². The van der Waals surface area contributed by atoms with Gasteiger partial charge in [-0.1, -0.05) is 6.92 Å². The Morgan fingerprint density at radius 2 is 2.22 bits per heavy atom. The zero-order chi connectivity index (χ0) is 13.5. The van der Waals surface area contributed by atoms with Gasteiger partial charge in [-0.05, 0) is 6.42 Å². The standard InChI is InChI=1S/C11H18FN5O/c1-4-5-17(7-9(18)13-2)10-8(12)6-15-11(14-3)16-10/h6H,4-5,7H2,1-3H3,(H,13,18)(H,14,15,16). The number of carbonyl (C=O) groups excluding carboxylic acids is 1. The highest BCUT2D eigenvalue weighted by atomic mass is 19.1. The Morgan fingerprint density at radius 3 is 2.78 bits per heavy atom. The molecule has 1 heterocycles. The molecule has 1 rings (SSSR count). The number of aromatic nitrogens is 2. The van der Waals surface area contributed by atoms with Crippen molar-refractivity contribution < 1.29 is 9.18 Å². The van der Waals surface area contributed by atoms with E-state index in [9.17, 15) is 9.18 Å². The molecule has 0 saturated heterocycles. The van der Waals surface area contributed by atoms with E-state index in [0.717, 1.165) is 12.6 Å². The number of carbonyl (C=O) groups is 1. The minimum atomic E-state index is -0.536. The largest absolute Gasteiger partial charge is 0.358 e. The fourth-order valence-electron chi connectivity index (χ4n) is 1.48. The third-order valence-corrected chi connectivity index (χ3v) is 2.36. The van der Waals surface area contributed by atoms with E-state index in [0.29, 0.717) is 12.5 Å². The normalized spacial score (nSPS) is 10.0. The molecule has 0 aromatic carbocycles. The van der Waals surface area contributed by atoms with Crippen molar-refractivity contribution in [2.75, 3.05) is 37.4 Å². The lowest BCUT2D eigenvalue weighted by Gasteiger charge is -2.22. The van der Waals surface area contributed by atoms with Crippen LogP contribution in [0.4, 0.5) is 16.2 Å². The maximum absolute atomic E-state index is 13.7. The molecule has 0 aliphatic carbocycles. The first kappa shape index (κ1) is 14.1. The van der Waals surface area contributed by atoms with Crippen LogP contribution < -0.4 is 15.5 Å². The number of nitrogens with zero attached hydrogens (tertiary/aromatic N) is 3. The molecule has 7 heteroatoms. The van der Waals surface area contributed by atoms with Gasteiger partial charge >= 0.3 is 0 Å². The summed E-state index contributed by atoms with van der Waals surface area (Å²) in [5.74, 6) is -0.261. The molecule has 18 heavy (non-hydrogen) atoms. The van der Waals surface area contributed by atoms with Gasteiger partial charge in [-0.3, -0.25) is 4.79 Å². The molecule has 100 valence electrons. The lowest BCUT2D eigenvalue weighted by Crippen LogP contribution is -2.37. The Morgan fingerprint density at radius 1 is 1.50 bits per heavy atom. The van der Waals surface area contributed by atoms with Gasteiger partial charge in [0.25, 0.3) is 0 Å². The average molecular weight is 255 g/mol. The summed E-state index contributed by atoms with van der Waals surface area (Å²) in [5.41, 5.74) is 0. The second-order valence-corrected chi connectivity index (χ2v) is 3.71. The number of likely N-dealkylation sites (N-methyl/N-ethyl adjacent to an activating group) is 1. The van der Waals surface area contributed by atoms with Gasteiger partial charge < -0.3 is 15.5 Å². The van der Waals surface area contributed by atoms with Gasteiger partial charge in [0, 0.05) is 20.6 Å². The van der Waals surface area contributed by atoms with Crippen molar-refractivity contribution in [1.29, 1.82) is 0 Å². The first-order chi connectivity index (χ1) is 8.62. The summed E-state index contributed by atoms with van der Waals surface area (Å²) in [7, 11) is 3.20. The van der Waals surface area contributed by atoms with Gasteiger partial charge in [0.1, 0.15) is 0 Å². The summed E-state index contributed by atoms with van der Waals surface area (Å²) in [6.45, 7) is 2.57. The summed E-state index contributed by atoms with van der Waals surface area (Å²) in [4.78, 5) is 20.8. The number of anilines is 2. The second kappa shape index (κ2) is 6.73. The van der Waals surface area contributed by atoms with Crippen LogP contribution in [-0.2, 0) is 4.79 Å². The molecule has 0 bridgehead atoms. The minimum absolute atomic E-state index is 0.0709. The van der Waals surface area contributed by atoms with E-state index in [1.807, 2.05) is 6.92 Å². The Hall–Kier alpha value is -1.92. The number of amides is 1. The van der Waals surface area contributed by atoms with Gasteiger partial charge in [-0.25, -0.2) is 9.37 Å². The van der Waals surface area contributed by atoms with E-state index in [-0.39, 0.29) is 18.3 Å². The summed E-state index contributed by atoms with van der Waals surface area (Å²) < 4.78 is 13.7. The molecule has 0 unspecified atom stereocenters. The van der Waals surface area contributed by atoms with Crippen LogP contribution in [0.1, 0.15) is 13.3 Å². The van der Waals surface area contributed by atoms with E-state index < -0.39 is 5.82 Å². The summed E-state index contributed by atoms with van der Waals surface area (Å²) >= 11 is 0. The monoisotopic (exact) mass is 255 g/mol. The van der Waals surface area contributed by atoms with Crippen LogP contribution in [0, 0.1) is 5.82 Å².